The second-order valence-electron chi connectivity index (χ2n) is 8.01. The lowest BCUT2D eigenvalue weighted by Gasteiger charge is -2.14. The summed E-state index contributed by atoms with van der Waals surface area (Å²) >= 11 is 0. The van der Waals surface area contributed by atoms with Crippen molar-refractivity contribution >= 4 is 19.9 Å². The molecule has 192 valence electrons. The molecule has 0 amide bonds. The fourth-order valence-electron chi connectivity index (χ4n) is 3.50. The molecule has 0 aliphatic rings. The Bertz CT molecular complexity index is 1680. The van der Waals surface area contributed by atoms with Gasteiger partial charge in [-0.05, 0) is 53.6 Å². The van der Waals surface area contributed by atoms with E-state index in [0.717, 1.165) is 30.3 Å². The van der Waals surface area contributed by atoms with Gasteiger partial charge < -0.3 is 25.5 Å². The molecular formula is C25H21NO9S2. The largest absolute Gasteiger partial charge is 0.508 e. The van der Waals surface area contributed by atoms with Crippen LogP contribution < -0.4 is 4.72 Å². The van der Waals surface area contributed by atoms with Crippen LogP contribution in [0.3, 0.4) is 0 Å². The van der Waals surface area contributed by atoms with Gasteiger partial charge in [-0.2, -0.15) is 0 Å². The summed E-state index contributed by atoms with van der Waals surface area (Å²) < 4.78 is 54.2. The van der Waals surface area contributed by atoms with Crippen molar-refractivity contribution in [3.63, 3.8) is 0 Å². The van der Waals surface area contributed by atoms with Gasteiger partial charge in [-0.25, -0.2) is 21.6 Å². The van der Waals surface area contributed by atoms with E-state index in [1.807, 2.05) is 0 Å². The molecule has 4 aromatic carbocycles. The van der Waals surface area contributed by atoms with Crippen LogP contribution in [0.5, 0.6) is 28.7 Å². The Hall–Kier alpha value is -4.26. The Morgan fingerprint density at radius 2 is 1.16 bits per heavy atom. The third kappa shape index (κ3) is 5.31. The molecule has 12 heteroatoms. The third-order valence-corrected chi connectivity index (χ3v) is 8.71. The van der Waals surface area contributed by atoms with Crippen LogP contribution in [0.2, 0.25) is 0 Å². The summed E-state index contributed by atoms with van der Waals surface area (Å²) in [6, 6.07) is 16.1. The van der Waals surface area contributed by atoms with Crippen molar-refractivity contribution in [3.05, 3.63) is 84.4 Å². The maximum absolute atomic E-state index is 13.1. The summed E-state index contributed by atoms with van der Waals surface area (Å²) in [5.41, 5.74) is 0.870. The highest BCUT2D eigenvalue weighted by Gasteiger charge is 2.23. The number of sulfonamides is 1. The van der Waals surface area contributed by atoms with Gasteiger partial charge in [-0.3, -0.25) is 0 Å². The predicted molar refractivity (Wildman–Crippen MR) is 133 cm³/mol. The first-order valence-electron chi connectivity index (χ1n) is 10.6. The van der Waals surface area contributed by atoms with E-state index in [0.29, 0.717) is 11.1 Å². The smallest absolute Gasteiger partial charge is 0.241 e. The SMILES string of the molecule is O=S(=O)(NCc1ccc(S(=O)(=O)c2ccc(O)c(O)c2)cc1)c1cc(O)c(O)cc1-c1ccc(O)cc1. The van der Waals surface area contributed by atoms with Crippen molar-refractivity contribution in [2.24, 2.45) is 0 Å². The standard InChI is InChI=1S/C25H21NO9S2/c27-17-5-3-16(4-6-17)20-12-23(30)24(31)13-25(20)37(34,35)26-14-15-1-7-18(8-2-15)36(32,33)19-9-10-21(28)22(29)11-19/h1-13,26-31H,14H2. The van der Waals surface area contributed by atoms with E-state index in [1.54, 1.807) is 0 Å². The van der Waals surface area contributed by atoms with Crippen molar-refractivity contribution in [1.29, 1.82) is 0 Å². The predicted octanol–water partition coefficient (Wildman–Crippen LogP) is 3.19. The van der Waals surface area contributed by atoms with Gasteiger partial charge in [0.25, 0.3) is 0 Å². The van der Waals surface area contributed by atoms with Crippen LogP contribution >= 0.6 is 0 Å². The zero-order valence-electron chi connectivity index (χ0n) is 18.9. The number of hydrogen-bond donors (Lipinski definition) is 6. The molecular weight excluding hydrogens is 522 g/mol. The lowest BCUT2D eigenvalue weighted by molar-refractivity contribution is 0.402. The van der Waals surface area contributed by atoms with Gasteiger partial charge in [0.2, 0.25) is 19.9 Å². The first-order valence-corrected chi connectivity index (χ1v) is 13.6. The highest BCUT2D eigenvalue weighted by atomic mass is 32.2. The molecule has 4 rings (SSSR count). The van der Waals surface area contributed by atoms with Crippen LogP contribution in [0.1, 0.15) is 5.56 Å². The summed E-state index contributed by atoms with van der Waals surface area (Å²) in [5.74, 6) is -2.25. The number of phenolic OH excluding ortho intramolecular Hbond substituents is 5. The maximum atomic E-state index is 13.1. The Labute approximate surface area is 212 Å². The van der Waals surface area contributed by atoms with Crippen LogP contribution in [0.25, 0.3) is 11.1 Å². The van der Waals surface area contributed by atoms with E-state index in [4.69, 9.17) is 0 Å². The molecule has 0 bridgehead atoms. The number of nitrogens with one attached hydrogen (secondary N) is 1. The molecule has 0 atom stereocenters. The quantitative estimate of drug-likeness (QED) is 0.191. The monoisotopic (exact) mass is 543 g/mol. The van der Waals surface area contributed by atoms with E-state index in [1.165, 1.54) is 48.5 Å². The van der Waals surface area contributed by atoms with E-state index < -0.39 is 42.9 Å². The molecule has 0 unspecified atom stereocenters. The van der Waals surface area contributed by atoms with Crippen molar-refractivity contribution in [3.8, 4) is 39.9 Å². The number of aromatic hydroxyl groups is 5. The summed E-state index contributed by atoms with van der Waals surface area (Å²) in [5, 5.41) is 48.4. The average Bonchev–Trinajstić information content (AvgIpc) is 2.86. The van der Waals surface area contributed by atoms with Gasteiger partial charge >= 0.3 is 0 Å². The van der Waals surface area contributed by atoms with Crippen molar-refractivity contribution in [2.75, 3.05) is 0 Å². The van der Waals surface area contributed by atoms with Gasteiger partial charge in [0.05, 0.1) is 14.7 Å². The molecule has 0 spiro atoms. The van der Waals surface area contributed by atoms with Crippen LogP contribution in [-0.4, -0.2) is 42.4 Å². The Kier molecular flexibility index (Phi) is 6.74. The number of sulfone groups is 1. The maximum Gasteiger partial charge on any atom is 0.241 e. The first kappa shape index (κ1) is 25.8. The second kappa shape index (κ2) is 9.65. The van der Waals surface area contributed by atoms with Crippen LogP contribution in [0.15, 0.2) is 93.5 Å². The van der Waals surface area contributed by atoms with Gasteiger partial charge in [0, 0.05) is 24.2 Å². The summed E-state index contributed by atoms with van der Waals surface area (Å²) in [4.78, 5) is -0.660. The van der Waals surface area contributed by atoms with Crippen molar-refractivity contribution in [1.82, 2.24) is 4.72 Å². The minimum absolute atomic E-state index is 0.0399. The van der Waals surface area contributed by atoms with Gasteiger partial charge in [0.15, 0.2) is 23.0 Å². The normalized spacial score (nSPS) is 11.9. The molecule has 0 radical (unpaired) electrons. The molecule has 0 saturated carbocycles. The number of hydrogen-bond acceptors (Lipinski definition) is 9. The Balaban J connectivity index is 1.58. The van der Waals surface area contributed by atoms with Crippen molar-refractivity contribution in [2.45, 2.75) is 21.2 Å². The molecule has 0 aliphatic heterocycles. The number of rotatable bonds is 7. The van der Waals surface area contributed by atoms with E-state index in [9.17, 15) is 42.4 Å². The second-order valence-corrected chi connectivity index (χ2v) is 11.7. The Morgan fingerprint density at radius 1 is 0.595 bits per heavy atom. The van der Waals surface area contributed by atoms with Crippen LogP contribution in [0, 0.1) is 0 Å². The summed E-state index contributed by atoms with van der Waals surface area (Å²) in [6.45, 7) is -0.223. The van der Waals surface area contributed by atoms with E-state index in [2.05, 4.69) is 4.72 Å². The Morgan fingerprint density at radius 3 is 1.78 bits per heavy atom. The zero-order valence-corrected chi connectivity index (χ0v) is 20.5. The highest BCUT2D eigenvalue weighted by Crippen LogP contribution is 2.37. The van der Waals surface area contributed by atoms with Gasteiger partial charge in [-0.1, -0.05) is 24.3 Å². The van der Waals surface area contributed by atoms with E-state index >= 15 is 0 Å². The highest BCUT2D eigenvalue weighted by molar-refractivity contribution is 7.91. The molecule has 37 heavy (non-hydrogen) atoms. The molecule has 0 aromatic heterocycles. The first-order chi connectivity index (χ1) is 17.4. The lowest BCUT2D eigenvalue weighted by Crippen LogP contribution is -2.24. The summed E-state index contributed by atoms with van der Waals surface area (Å²) in [6.07, 6.45) is 0. The fourth-order valence-corrected chi connectivity index (χ4v) is 6.02. The zero-order chi connectivity index (χ0) is 27.0. The van der Waals surface area contributed by atoms with Crippen molar-refractivity contribution < 1.29 is 42.4 Å². The average molecular weight is 544 g/mol. The van der Waals surface area contributed by atoms with E-state index in [-0.39, 0.29) is 32.5 Å². The molecule has 10 nitrogen and oxygen atoms in total. The fraction of sp³-hybridized carbons (Fsp3) is 0.0400. The molecule has 0 fully saturated rings. The molecule has 0 aliphatic carbocycles. The minimum Gasteiger partial charge on any atom is -0.508 e. The summed E-state index contributed by atoms with van der Waals surface area (Å²) in [7, 11) is -8.24. The van der Waals surface area contributed by atoms with Gasteiger partial charge in [0.1, 0.15) is 5.75 Å². The molecule has 6 N–H and O–H groups in total. The lowest BCUT2D eigenvalue weighted by atomic mass is 10.0. The van der Waals surface area contributed by atoms with Crippen LogP contribution in [-0.2, 0) is 26.4 Å². The van der Waals surface area contributed by atoms with Crippen LogP contribution in [0.4, 0.5) is 0 Å². The molecule has 4 aromatic rings. The molecule has 0 saturated heterocycles. The molecule has 0 heterocycles. The third-order valence-electron chi connectivity index (χ3n) is 5.50. The number of phenols is 5. The number of benzene rings is 4. The topological polar surface area (TPSA) is 181 Å². The van der Waals surface area contributed by atoms with Gasteiger partial charge in [-0.15, -0.1) is 0 Å². The minimum atomic E-state index is -4.23.